The van der Waals surface area contributed by atoms with Crippen LogP contribution in [0, 0.1) is 5.82 Å². The van der Waals surface area contributed by atoms with Gasteiger partial charge in [-0.2, -0.15) is 0 Å². The molecular formula is C23H23FN2O3S. The first-order valence-electron chi connectivity index (χ1n) is 9.48. The van der Waals surface area contributed by atoms with Crippen LogP contribution in [0.2, 0.25) is 0 Å². The fourth-order valence-electron chi connectivity index (χ4n) is 3.03. The number of benzene rings is 3. The van der Waals surface area contributed by atoms with Crippen molar-refractivity contribution >= 4 is 21.6 Å². The molecule has 3 rings (SSSR count). The summed E-state index contributed by atoms with van der Waals surface area (Å²) in [6.45, 7) is 0.363. The van der Waals surface area contributed by atoms with Crippen LogP contribution in [0.1, 0.15) is 21.5 Å². The topological polar surface area (TPSA) is 66.5 Å². The van der Waals surface area contributed by atoms with Crippen LogP contribution in [0.4, 0.5) is 10.1 Å². The van der Waals surface area contributed by atoms with Gasteiger partial charge in [-0.3, -0.25) is 9.10 Å². The molecule has 0 atom stereocenters. The summed E-state index contributed by atoms with van der Waals surface area (Å²) in [5.74, 6) is -0.710. The van der Waals surface area contributed by atoms with Gasteiger partial charge >= 0.3 is 0 Å². The molecule has 156 valence electrons. The van der Waals surface area contributed by atoms with E-state index in [0.29, 0.717) is 17.8 Å². The molecule has 0 aromatic heterocycles. The number of sulfonamides is 1. The number of nitrogens with zero attached hydrogens (tertiary/aromatic N) is 1. The maximum Gasteiger partial charge on any atom is 0.251 e. The predicted octanol–water partition coefficient (Wildman–Crippen LogP) is 3.76. The van der Waals surface area contributed by atoms with Crippen LogP contribution >= 0.6 is 0 Å². The van der Waals surface area contributed by atoms with Crippen LogP contribution in [0.3, 0.4) is 0 Å². The molecule has 1 N–H and O–H groups in total. The molecule has 0 fully saturated rings. The molecule has 0 saturated carbocycles. The number of anilines is 1. The number of rotatable bonds is 8. The molecule has 0 aliphatic heterocycles. The highest BCUT2D eigenvalue weighted by molar-refractivity contribution is 7.92. The lowest BCUT2D eigenvalue weighted by Gasteiger charge is -2.23. The average Bonchev–Trinajstić information content (AvgIpc) is 2.73. The van der Waals surface area contributed by atoms with Gasteiger partial charge < -0.3 is 5.32 Å². The largest absolute Gasteiger partial charge is 0.352 e. The van der Waals surface area contributed by atoms with E-state index in [-0.39, 0.29) is 18.0 Å². The number of carbonyl (C=O) groups excluding carboxylic acids is 1. The quantitative estimate of drug-likeness (QED) is 0.596. The minimum absolute atomic E-state index is 0.131. The maximum absolute atomic E-state index is 14.0. The first-order valence-corrected chi connectivity index (χ1v) is 11.3. The van der Waals surface area contributed by atoms with Crippen molar-refractivity contribution in [3.63, 3.8) is 0 Å². The Balaban J connectivity index is 1.68. The molecule has 0 unspecified atom stereocenters. The lowest BCUT2D eigenvalue weighted by atomic mass is 10.1. The van der Waals surface area contributed by atoms with Gasteiger partial charge in [-0.15, -0.1) is 0 Å². The number of hydrogen-bond donors (Lipinski definition) is 1. The Morgan fingerprint density at radius 1 is 0.933 bits per heavy atom. The van der Waals surface area contributed by atoms with E-state index in [0.717, 1.165) is 22.5 Å². The number of halogens is 1. The van der Waals surface area contributed by atoms with Crippen molar-refractivity contribution in [1.82, 2.24) is 5.32 Å². The number of hydrogen-bond acceptors (Lipinski definition) is 3. The molecule has 5 nitrogen and oxygen atoms in total. The van der Waals surface area contributed by atoms with Gasteiger partial charge in [0.15, 0.2) is 0 Å². The molecule has 0 radical (unpaired) electrons. The van der Waals surface area contributed by atoms with E-state index in [1.807, 2.05) is 30.3 Å². The summed E-state index contributed by atoms with van der Waals surface area (Å²) in [5.41, 5.74) is 2.18. The second-order valence-electron chi connectivity index (χ2n) is 6.90. The van der Waals surface area contributed by atoms with Gasteiger partial charge in [-0.05, 0) is 42.3 Å². The minimum atomic E-state index is -3.64. The Bertz CT molecular complexity index is 1100. The van der Waals surface area contributed by atoms with Crippen molar-refractivity contribution in [2.24, 2.45) is 0 Å². The van der Waals surface area contributed by atoms with Gasteiger partial charge in [0.1, 0.15) is 5.82 Å². The molecule has 0 heterocycles. The van der Waals surface area contributed by atoms with E-state index in [1.165, 1.54) is 6.07 Å². The van der Waals surface area contributed by atoms with Gasteiger partial charge in [0.05, 0.1) is 18.5 Å². The highest BCUT2D eigenvalue weighted by atomic mass is 32.2. The molecular weight excluding hydrogens is 403 g/mol. The zero-order chi connectivity index (χ0) is 21.6. The van der Waals surface area contributed by atoms with Crippen LogP contribution in [-0.4, -0.2) is 27.1 Å². The molecule has 0 saturated heterocycles. The first-order chi connectivity index (χ1) is 14.3. The lowest BCUT2D eigenvalue weighted by molar-refractivity contribution is 0.0954. The third-order valence-corrected chi connectivity index (χ3v) is 5.77. The summed E-state index contributed by atoms with van der Waals surface area (Å²) >= 11 is 0. The third-order valence-electron chi connectivity index (χ3n) is 4.63. The van der Waals surface area contributed by atoms with Crippen molar-refractivity contribution in [3.8, 4) is 0 Å². The fraction of sp³-hybridized carbons (Fsp3) is 0.174. The van der Waals surface area contributed by atoms with Crippen LogP contribution in [-0.2, 0) is 23.0 Å². The standard InChI is InChI=1S/C23H23FN2O3S/c1-30(28,29)26(17-20-9-5-6-10-22(20)24)21-13-11-19(12-14-21)23(27)25-16-15-18-7-3-2-4-8-18/h2-14H,15-17H2,1H3,(H,25,27). The van der Waals surface area contributed by atoms with Gasteiger partial charge in [0.25, 0.3) is 5.91 Å². The zero-order valence-electron chi connectivity index (χ0n) is 16.6. The van der Waals surface area contributed by atoms with Crippen LogP contribution in [0.5, 0.6) is 0 Å². The minimum Gasteiger partial charge on any atom is -0.352 e. The molecule has 1 amide bonds. The van der Waals surface area contributed by atoms with Crippen molar-refractivity contribution < 1.29 is 17.6 Å². The summed E-state index contributed by atoms with van der Waals surface area (Å²) in [6, 6.07) is 22.1. The molecule has 7 heteroatoms. The summed E-state index contributed by atoms with van der Waals surface area (Å²) in [4.78, 5) is 12.4. The van der Waals surface area contributed by atoms with Crippen molar-refractivity contribution in [3.05, 3.63) is 101 Å². The van der Waals surface area contributed by atoms with Crippen molar-refractivity contribution in [1.29, 1.82) is 0 Å². The Morgan fingerprint density at radius 3 is 2.20 bits per heavy atom. The Kier molecular flexibility index (Phi) is 6.84. The fourth-order valence-corrected chi connectivity index (χ4v) is 3.91. The summed E-state index contributed by atoms with van der Waals surface area (Å²) in [6.07, 6.45) is 1.78. The second kappa shape index (κ2) is 9.54. The zero-order valence-corrected chi connectivity index (χ0v) is 17.4. The molecule has 0 spiro atoms. The Morgan fingerprint density at radius 2 is 1.57 bits per heavy atom. The highest BCUT2D eigenvalue weighted by Gasteiger charge is 2.19. The summed E-state index contributed by atoms with van der Waals surface area (Å²) in [7, 11) is -3.64. The summed E-state index contributed by atoms with van der Waals surface area (Å²) < 4.78 is 39.6. The average molecular weight is 427 g/mol. The Labute approximate surface area is 176 Å². The SMILES string of the molecule is CS(=O)(=O)N(Cc1ccccc1F)c1ccc(C(=O)NCCc2ccccc2)cc1. The number of carbonyl (C=O) groups is 1. The van der Waals surface area contributed by atoms with Crippen molar-refractivity contribution in [2.75, 3.05) is 17.1 Å². The van der Waals surface area contributed by atoms with E-state index in [9.17, 15) is 17.6 Å². The van der Waals surface area contributed by atoms with E-state index in [4.69, 9.17) is 0 Å². The van der Waals surface area contributed by atoms with E-state index in [2.05, 4.69) is 5.32 Å². The maximum atomic E-state index is 14.0. The molecule has 0 aliphatic rings. The van der Waals surface area contributed by atoms with Gasteiger partial charge in [-0.1, -0.05) is 48.5 Å². The highest BCUT2D eigenvalue weighted by Crippen LogP contribution is 2.22. The molecule has 0 bridgehead atoms. The third kappa shape index (κ3) is 5.67. The van der Waals surface area contributed by atoms with Crippen LogP contribution < -0.4 is 9.62 Å². The molecule has 3 aromatic rings. The molecule has 30 heavy (non-hydrogen) atoms. The van der Waals surface area contributed by atoms with E-state index >= 15 is 0 Å². The lowest BCUT2D eigenvalue weighted by Crippen LogP contribution is -2.30. The summed E-state index contributed by atoms with van der Waals surface area (Å²) in [5, 5.41) is 2.85. The normalized spacial score (nSPS) is 11.1. The van der Waals surface area contributed by atoms with Crippen LogP contribution in [0.15, 0.2) is 78.9 Å². The molecule has 0 aliphatic carbocycles. The Hall–Kier alpha value is -3.19. The second-order valence-corrected chi connectivity index (χ2v) is 8.81. The van der Waals surface area contributed by atoms with Crippen molar-refractivity contribution in [2.45, 2.75) is 13.0 Å². The van der Waals surface area contributed by atoms with E-state index < -0.39 is 15.8 Å². The van der Waals surface area contributed by atoms with E-state index in [1.54, 1.807) is 42.5 Å². The van der Waals surface area contributed by atoms with Gasteiger partial charge in [0.2, 0.25) is 10.0 Å². The smallest absolute Gasteiger partial charge is 0.251 e. The van der Waals surface area contributed by atoms with Gasteiger partial charge in [0, 0.05) is 17.7 Å². The number of nitrogens with one attached hydrogen (secondary N) is 1. The van der Waals surface area contributed by atoms with Crippen LogP contribution in [0.25, 0.3) is 0 Å². The monoisotopic (exact) mass is 426 g/mol. The number of amides is 1. The first kappa shape index (κ1) is 21.5. The molecule has 3 aromatic carbocycles. The predicted molar refractivity (Wildman–Crippen MR) is 116 cm³/mol. The van der Waals surface area contributed by atoms with Gasteiger partial charge in [-0.25, -0.2) is 12.8 Å².